The number of esters is 1. The minimum atomic E-state index is -3.96. The molecule has 1 aliphatic rings. The zero-order valence-electron chi connectivity index (χ0n) is 20.5. The quantitative estimate of drug-likeness (QED) is 0.407. The molecule has 196 valence electrons. The second-order valence-corrected chi connectivity index (χ2v) is 11.9. The molecule has 0 radical (unpaired) electrons. The number of rotatable bonds is 9. The van der Waals surface area contributed by atoms with Gasteiger partial charge in [-0.2, -0.15) is 4.31 Å². The van der Waals surface area contributed by atoms with Gasteiger partial charge in [0.2, 0.25) is 15.9 Å². The van der Waals surface area contributed by atoms with E-state index in [1.54, 1.807) is 55.5 Å². The third-order valence-corrected chi connectivity index (χ3v) is 9.50. The summed E-state index contributed by atoms with van der Waals surface area (Å²) in [4.78, 5) is 27.8. The van der Waals surface area contributed by atoms with E-state index in [4.69, 9.17) is 4.74 Å². The number of carbonyl (C=O) groups excluding carboxylic acids is 2. The van der Waals surface area contributed by atoms with Gasteiger partial charge in [0, 0.05) is 17.3 Å². The molecule has 4 atom stereocenters. The monoisotopic (exact) mass is 544 g/mol. The van der Waals surface area contributed by atoms with Crippen LogP contribution in [0.2, 0.25) is 0 Å². The molecule has 4 unspecified atom stereocenters. The Morgan fingerprint density at radius 2 is 1.76 bits per heavy atom. The van der Waals surface area contributed by atoms with Crippen molar-refractivity contribution in [3.8, 4) is 0 Å². The number of nitrogens with one attached hydrogen (secondary N) is 1. The number of carbonyl (C=O) groups is 2. The van der Waals surface area contributed by atoms with Gasteiger partial charge < -0.3 is 10.1 Å². The van der Waals surface area contributed by atoms with Crippen LogP contribution in [0.15, 0.2) is 72.1 Å². The van der Waals surface area contributed by atoms with Crippen molar-refractivity contribution in [1.29, 1.82) is 0 Å². The fraction of sp³-hybridized carbons (Fsp3) is 0.333. The summed E-state index contributed by atoms with van der Waals surface area (Å²) < 4.78 is 47.3. The van der Waals surface area contributed by atoms with Crippen molar-refractivity contribution in [3.05, 3.63) is 93.9 Å². The summed E-state index contributed by atoms with van der Waals surface area (Å²) in [6.07, 6.45) is 0.346. The molecule has 0 aliphatic carbocycles. The zero-order chi connectivity index (χ0) is 26.6. The molecule has 4 rings (SSSR count). The lowest BCUT2D eigenvalue weighted by atomic mass is 9.81. The van der Waals surface area contributed by atoms with Crippen LogP contribution in [-0.4, -0.2) is 43.5 Å². The number of hydrogen-bond donors (Lipinski definition) is 1. The lowest BCUT2D eigenvalue weighted by Crippen LogP contribution is -2.49. The van der Waals surface area contributed by atoms with E-state index in [-0.39, 0.29) is 12.3 Å². The average Bonchev–Trinajstić information content (AvgIpc) is 3.55. The van der Waals surface area contributed by atoms with E-state index in [1.807, 2.05) is 11.4 Å². The third kappa shape index (κ3) is 5.61. The van der Waals surface area contributed by atoms with Crippen molar-refractivity contribution < 1.29 is 27.1 Å². The number of ether oxygens (including phenoxy) is 1. The number of amides is 1. The Balaban J connectivity index is 1.85. The van der Waals surface area contributed by atoms with Crippen LogP contribution in [0, 0.1) is 11.7 Å². The molecule has 3 aromatic rings. The average molecular weight is 545 g/mol. The van der Waals surface area contributed by atoms with Crippen LogP contribution in [0.1, 0.15) is 41.3 Å². The predicted octanol–water partition coefficient (Wildman–Crippen LogP) is 4.24. The van der Waals surface area contributed by atoms with E-state index >= 15 is 0 Å². The van der Waals surface area contributed by atoms with Gasteiger partial charge in [-0.3, -0.25) is 9.59 Å². The second kappa shape index (κ2) is 11.5. The molecule has 10 heteroatoms. The number of methoxy groups -OCH3 is 1. The Kier molecular flexibility index (Phi) is 8.41. The van der Waals surface area contributed by atoms with Gasteiger partial charge in [-0.1, -0.05) is 55.5 Å². The second-order valence-electron chi connectivity index (χ2n) is 8.88. The molecule has 37 heavy (non-hydrogen) atoms. The minimum absolute atomic E-state index is 0.0747. The van der Waals surface area contributed by atoms with Gasteiger partial charge in [0.1, 0.15) is 11.9 Å². The summed E-state index contributed by atoms with van der Waals surface area (Å²) in [5.41, 5.74) is 1.32. The zero-order valence-corrected chi connectivity index (χ0v) is 22.2. The van der Waals surface area contributed by atoms with E-state index in [1.165, 1.54) is 34.9 Å². The van der Waals surface area contributed by atoms with Gasteiger partial charge in [0.25, 0.3) is 0 Å². The third-order valence-electron chi connectivity index (χ3n) is 6.54. The van der Waals surface area contributed by atoms with Crippen molar-refractivity contribution in [2.75, 3.05) is 12.9 Å². The molecular weight excluding hydrogens is 515 g/mol. The van der Waals surface area contributed by atoms with Crippen LogP contribution in [0.3, 0.4) is 0 Å². The first kappa shape index (κ1) is 27.0. The topological polar surface area (TPSA) is 92.8 Å². The van der Waals surface area contributed by atoms with Gasteiger partial charge >= 0.3 is 5.97 Å². The number of hydrogen-bond acceptors (Lipinski definition) is 6. The number of sulfonamides is 1. The summed E-state index contributed by atoms with van der Waals surface area (Å²) in [6.45, 7) is 1.83. The maximum atomic E-state index is 13.9. The Labute approximate surface area is 220 Å². The molecule has 2 aromatic carbocycles. The molecule has 0 saturated carbocycles. The van der Waals surface area contributed by atoms with E-state index < -0.39 is 51.6 Å². The minimum Gasteiger partial charge on any atom is -0.469 e. The Morgan fingerprint density at radius 3 is 2.35 bits per heavy atom. The van der Waals surface area contributed by atoms with E-state index in [9.17, 15) is 22.4 Å². The Bertz CT molecular complexity index is 1310. The summed E-state index contributed by atoms with van der Waals surface area (Å²) in [7, 11) is -2.70. The highest BCUT2D eigenvalue weighted by atomic mass is 32.2. The predicted molar refractivity (Wildman–Crippen MR) is 140 cm³/mol. The van der Waals surface area contributed by atoms with Crippen molar-refractivity contribution in [3.63, 3.8) is 0 Å². The highest BCUT2D eigenvalue weighted by molar-refractivity contribution is 7.89. The number of benzene rings is 2. The largest absolute Gasteiger partial charge is 0.469 e. The maximum absolute atomic E-state index is 13.9. The van der Waals surface area contributed by atoms with Crippen molar-refractivity contribution >= 4 is 33.2 Å². The van der Waals surface area contributed by atoms with Crippen LogP contribution in [0.5, 0.6) is 0 Å². The number of nitrogens with zero attached hydrogens (tertiary/aromatic N) is 1. The smallest absolute Gasteiger partial charge is 0.311 e. The lowest BCUT2D eigenvalue weighted by Gasteiger charge is -2.29. The fourth-order valence-corrected chi connectivity index (χ4v) is 7.83. The summed E-state index contributed by atoms with van der Waals surface area (Å²) in [5, 5.41) is 4.64. The first-order chi connectivity index (χ1) is 17.8. The molecule has 1 N–H and O–H groups in total. The normalized spacial score (nSPS) is 22.0. The Hall–Kier alpha value is -3.08. The van der Waals surface area contributed by atoms with Crippen LogP contribution < -0.4 is 5.32 Å². The van der Waals surface area contributed by atoms with Crippen LogP contribution >= 0.6 is 11.3 Å². The molecule has 1 fully saturated rings. The van der Waals surface area contributed by atoms with Gasteiger partial charge in [0.05, 0.1) is 24.8 Å². The van der Waals surface area contributed by atoms with Crippen LogP contribution in [0.25, 0.3) is 0 Å². The van der Waals surface area contributed by atoms with Crippen molar-refractivity contribution in [2.45, 2.75) is 37.9 Å². The van der Waals surface area contributed by atoms with E-state index in [0.29, 0.717) is 22.4 Å². The van der Waals surface area contributed by atoms with Gasteiger partial charge in [-0.15, -0.1) is 11.3 Å². The summed E-state index contributed by atoms with van der Waals surface area (Å²) in [6, 6.07) is 16.1. The van der Waals surface area contributed by atoms with Crippen LogP contribution in [0.4, 0.5) is 4.39 Å². The molecule has 1 saturated heterocycles. The SMILES string of the molecule is CCCS(=O)(=O)N1C(C(=O)NCc2ccc(F)cc2)C(c2ccccc2)C(C(=O)OC)C1c1cccs1. The molecule has 2 heterocycles. The fourth-order valence-electron chi connectivity index (χ4n) is 5.00. The first-order valence-electron chi connectivity index (χ1n) is 12.0. The highest BCUT2D eigenvalue weighted by Crippen LogP contribution is 2.52. The van der Waals surface area contributed by atoms with Gasteiger partial charge in [0.15, 0.2) is 0 Å². The number of thiophene rings is 1. The first-order valence-corrected chi connectivity index (χ1v) is 14.5. The van der Waals surface area contributed by atoms with Gasteiger partial charge in [-0.05, 0) is 41.1 Å². The van der Waals surface area contributed by atoms with Crippen molar-refractivity contribution in [2.24, 2.45) is 5.92 Å². The van der Waals surface area contributed by atoms with Crippen molar-refractivity contribution in [1.82, 2.24) is 9.62 Å². The highest BCUT2D eigenvalue weighted by Gasteiger charge is 2.60. The lowest BCUT2D eigenvalue weighted by molar-refractivity contribution is -0.146. The summed E-state index contributed by atoms with van der Waals surface area (Å²) in [5.74, 6) is -3.43. The summed E-state index contributed by atoms with van der Waals surface area (Å²) >= 11 is 1.33. The molecular formula is C27H29FN2O5S2. The van der Waals surface area contributed by atoms with Gasteiger partial charge in [-0.25, -0.2) is 12.8 Å². The number of halogens is 1. The molecule has 1 amide bonds. The van der Waals surface area contributed by atoms with E-state index in [0.717, 1.165) is 0 Å². The van der Waals surface area contributed by atoms with E-state index in [2.05, 4.69) is 5.32 Å². The standard InChI is InChI=1S/C27H29FN2O5S2/c1-3-16-37(33,34)30-24(21-10-7-15-36-21)23(27(32)35-2)22(19-8-5-4-6-9-19)25(30)26(31)29-17-18-11-13-20(28)14-12-18/h4-15,22-25H,3,16-17H2,1-2H3,(H,29,31). The maximum Gasteiger partial charge on any atom is 0.311 e. The molecule has 0 bridgehead atoms. The van der Waals surface area contributed by atoms with Crippen LogP contribution in [-0.2, 0) is 30.9 Å². The Morgan fingerprint density at radius 1 is 1.05 bits per heavy atom. The molecule has 1 aromatic heterocycles. The molecule has 1 aliphatic heterocycles. The molecule has 0 spiro atoms. The molecule has 7 nitrogen and oxygen atoms in total.